The second kappa shape index (κ2) is 41.0. The molecular formula is C63H97N17O14S. The van der Waals surface area contributed by atoms with E-state index in [4.69, 9.17) is 34.4 Å². The number of carboxylic acids is 1. The number of carbonyl (C=O) groups excluding carboxylic acids is 12. The van der Waals surface area contributed by atoms with Gasteiger partial charge in [-0.15, -0.1) is 0 Å². The Morgan fingerprint density at radius 3 is 1.53 bits per heavy atom. The van der Waals surface area contributed by atoms with Gasteiger partial charge in [0, 0.05) is 45.3 Å². The molecular weight excluding hydrogens is 1250 g/mol. The Labute approximate surface area is 557 Å². The molecule has 0 radical (unpaired) electrons. The molecule has 0 unspecified atom stereocenters. The van der Waals surface area contributed by atoms with Crippen LogP contribution < -0.4 is 76.9 Å². The van der Waals surface area contributed by atoms with Crippen LogP contribution in [-0.2, 0) is 75.2 Å². The minimum absolute atomic E-state index is 0.0706. The quantitative estimate of drug-likeness (QED) is 0.0178. The van der Waals surface area contributed by atoms with Crippen molar-refractivity contribution in [1.82, 2.24) is 52.3 Å². The lowest BCUT2D eigenvalue weighted by molar-refractivity contribution is -0.144. The Morgan fingerprint density at radius 2 is 1.03 bits per heavy atom. The number of unbranched alkanes of at least 4 members (excludes halogenated alkanes) is 1. The van der Waals surface area contributed by atoms with E-state index < -0.39 is 170 Å². The third kappa shape index (κ3) is 27.5. The summed E-state index contributed by atoms with van der Waals surface area (Å²) in [4.78, 5) is 184. The summed E-state index contributed by atoms with van der Waals surface area (Å²) >= 11 is 1.40. The molecule has 524 valence electrons. The molecule has 32 heteroatoms. The molecule has 95 heavy (non-hydrogen) atoms. The van der Waals surface area contributed by atoms with Crippen LogP contribution in [0, 0.1) is 5.92 Å². The fraction of sp³-hybridized carbons (Fsp3) is 0.587. The van der Waals surface area contributed by atoms with Crippen LogP contribution in [0.1, 0.15) is 121 Å². The molecule has 12 amide bonds. The van der Waals surface area contributed by atoms with Crippen LogP contribution in [0.15, 0.2) is 65.7 Å². The minimum atomic E-state index is -1.65. The van der Waals surface area contributed by atoms with Gasteiger partial charge in [0.05, 0.1) is 12.6 Å². The number of rotatable bonds is 42. The highest BCUT2D eigenvalue weighted by atomic mass is 32.2. The lowest BCUT2D eigenvalue weighted by Crippen LogP contribution is -2.60. The number of amides is 12. The van der Waals surface area contributed by atoms with Crippen molar-refractivity contribution in [2.45, 2.75) is 183 Å². The van der Waals surface area contributed by atoms with E-state index in [1.165, 1.54) is 21.6 Å². The van der Waals surface area contributed by atoms with E-state index in [9.17, 15) is 67.4 Å². The molecule has 2 aliphatic heterocycles. The molecule has 2 saturated heterocycles. The van der Waals surface area contributed by atoms with Gasteiger partial charge in [-0.3, -0.25) is 62.5 Å². The number of aliphatic imine (C=N–C) groups is 1. The van der Waals surface area contributed by atoms with Gasteiger partial charge in [0.15, 0.2) is 5.96 Å². The van der Waals surface area contributed by atoms with Crippen molar-refractivity contribution in [1.29, 1.82) is 0 Å². The first-order valence-corrected chi connectivity index (χ1v) is 33.5. The van der Waals surface area contributed by atoms with Crippen LogP contribution in [0.5, 0.6) is 0 Å². The number of nitrogens with one attached hydrogen (secondary N) is 8. The Kier molecular flexibility index (Phi) is 33.9. The number of aliphatic carboxylic acids is 1. The van der Waals surface area contributed by atoms with Crippen molar-refractivity contribution in [3.05, 3.63) is 71.8 Å². The summed E-state index contributed by atoms with van der Waals surface area (Å²) in [6, 6.07) is 4.12. The molecule has 2 fully saturated rings. The molecule has 0 aromatic heterocycles. The van der Waals surface area contributed by atoms with E-state index >= 15 is 0 Å². The number of primary amides is 2. The van der Waals surface area contributed by atoms with Crippen LogP contribution in [0.3, 0.4) is 0 Å². The summed E-state index contributed by atoms with van der Waals surface area (Å²) in [5.74, 6) is -10.6. The average molecular weight is 1350 g/mol. The highest BCUT2D eigenvalue weighted by Gasteiger charge is 2.42. The molecule has 2 aromatic rings. The predicted molar refractivity (Wildman–Crippen MR) is 354 cm³/mol. The third-order valence-corrected chi connectivity index (χ3v) is 16.6. The molecule has 0 aliphatic carbocycles. The number of likely N-dealkylation sites (tertiary alicyclic amines) is 2. The maximum Gasteiger partial charge on any atom is 0.326 e. The number of hydrogen-bond donors (Lipinski definition) is 15. The van der Waals surface area contributed by atoms with E-state index in [2.05, 4.69) is 47.5 Å². The highest BCUT2D eigenvalue weighted by Crippen LogP contribution is 2.24. The van der Waals surface area contributed by atoms with Crippen molar-refractivity contribution in [2.24, 2.45) is 45.3 Å². The largest absolute Gasteiger partial charge is 0.480 e. The normalized spacial score (nSPS) is 16.8. The summed E-state index contributed by atoms with van der Waals surface area (Å²) in [7, 11) is 0. The Morgan fingerprint density at radius 1 is 0.558 bits per heavy atom. The summed E-state index contributed by atoms with van der Waals surface area (Å²) in [6.45, 7) is 3.78. The number of nitrogens with zero attached hydrogens (tertiary/aromatic N) is 3. The van der Waals surface area contributed by atoms with Gasteiger partial charge < -0.3 is 91.8 Å². The van der Waals surface area contributed by atoms with Crippen molar-refractivity contribution < 1.29 is 67.4 Å². The van der Waals surface area contributed by atoms with E-state index in [0.29, 0.717) is 55.4 Å². The van der Waals surface area contributed by atoms with Gasteiger partial charge in [0.2, 0.25) is 70.9 Å². The fourth-order valence-electron chi connectivity index (χ4n) is 11.0. The van der Waals surface area contributed by atoms with Crippen molar-refractivity contribution in [3.8, 4) is 0 Å². The number of thioether (sulfide) groups is 1. The van der Waals surface area contributed by atoms with Gasteiger partial charge in [0.1, 0.15) is 54.4 Å². The highest BCUT2D eigenvalue weighted by molar-refractivity contribution is 7.98. The molecule has 2 heterocycles. The third-order valence-electron chi connectivity index (χ3n) is 16.0. The van der Waals surface area contributed by atoms with Gasteiger partial charge in [-0.2, -0.15) is 11.8 Å². The monoisotopic (exact) mass is 1350 g/mol. The van der Waals surface area contributed by atoms with E-state index in [1.807, 2.05) is 0 Å². The number of benzene rings is 2. The smallest absolute Gasteiger partial charge is 0.326 e. The topological polar surface area (TPSA) is 513 Å². The van der Waals surface area contributed by atoms with Gasteiger partial charge in [-0.05, 0) is 119 Å². The molecule has 2 aromatic carbocycles. The van der Waals surface area contributed by atoms with Crippen LogP contribution in [0.25, 0.3) is 0 Å². The molecule has 10 atom stereocenters. The predicted octanol–water partition coefficient (Wildman–Crippen LogP) is -3.11. The van der Waals surface area contributed by atoms with Crippen LogP contribution in [-0.4, -0.2) is 203 Å². The maximum absolute atomic E-state index is 14.7. The SMILES string of the molecule is CSCC[C@H](NC(=O)[C@@H](CC(C)C)NC(=O)CNC(=O)[C@@H](Cc1ccccc1)NC(=O)[C@@H](Cc1ccccc1)NC(=O)[C@@H](CCC(N)=O)NC(=O)[C@H](CCC(N)=O)NC(=O)[C@@H]1CCCN1C(=O)[C@@H](CCCCN)NC(=O)[C@H]1CCCN1C(=O)[C@@H](N)CCCN=C(N)N)C(=O)O. The van der Waals surface area contributed by atoms with Gasteiger partial charge >= 0.3 is 5.97 Å². The first kappa shape index (κ1) is 78.5. The summed E-state index contributed by atoms with van der Waals surface area (Å²) in [5, 5.41) is 30.6. The minimum Gasteiger partial charge on any atom is -0.480 e. The Balaban J connectivity index is 1.56. The average Bonchev–Trinajstić information content (AvgIpc) is 1.74. The van der Waals surface area contributed by atoms with Crippen LogP contribution in [0.4, 0.5) is 0 Å². The standard InChI is InChI=1S/C63H97N17O14S/c1-37(2)33-45(56(87)76-44(62(93)94)27-32-95-3)72-52(83)36-71-53(84)46(34-38-15-6-4-7-16-38)77-57(88)47(35-39-17-8-5-9-18-39)78-55(86)41(23-25-50(66)81)73-54(85)42(24-26-51(67)82)74-58(89)49-22-14-31-80(49)61(92)43(20-10-11-28-64)75-59(90)48-21-13-30-79(48)60(91)40(65)19-12-29-70-63(68)69/h4-9,15-18,37,40-49H,10-14,19-36,64-65H2,1-3H3,(H2,66,81)(H2,67,82)(H,71,84)(H,72,83)(H,73,85)(H,74,89)(H,75,90)(H,76,87)(H,77,88)(H,78,86)(H,93,94)(H4,68,69,70)/t40-,41+,42-,43+,44-,45+,46+,47+,48+,49-/m0/s1. The van der Waals surface area contributed by atoms with Crippen molar-refractivity contribution >= 4 is 94.6 Å². The molecule has 31 nitrogen and oxygen atoms in total. The van der Waals surface area contributed by atoms with E-state index in [0.717, 1.165) is 0 Å². The van der Waals surface area contributed by atoms with Crippen molar-refractivity contribution in [3.63, 3.8) is 0 Å². The summed E-state index contributed by atoms with van der Waals surface area (Å²) < 4.78 is 0. The second-order valence-corrected chi connectivity index (χ2v) is 25.0. The number of hydrogen-bond acceptors (Lipinski definition) is 17. The first-order chi connectivity index (χ1) is 45.2. The summed E-state index contributed by atoms with van der Waals surface area (Å²) in [5.41, 5.74) is 35.0. The zero-order chi connectivity index (χ0) is 70.1. The molecule has 2 aliphatic rings. The number of nitrogens with two attached hydrogens (primary N) is 6. The molecule has 0 saturated carbocycles. The number of carbonyl (C=O) groups is 13. The zero-order valence-corrected chi connectivity index (χ0v) is 55.2. The van der Waals surface area contributed by atoms with Crippen LogP contribution in [0.2, 0.25) is 0 Å². The Bertz CT molecular complexity index is 2960. The maximum atomic E-state index is 14.7. The van der Waals surface area contributed by atoms with E-state index in [-0.39, 0.29) is 83.0 Å². The summed E-state index contributed by atoms with van der Waals surface area (Å²) in [6.07, 6.45) is 2.86. The van der Waals surface area contributed by atoms with Crippen LogP contribution >= 0.6 is 11.8 Å². The molecule has 21 N–H and O–H groups in total. The lowest BCUT2D eigenvalue weighted by Gasteiger charge is -2.32. The van der Waals surface area contributed by atoms with E-state index in [1.54, 1.807) is 80.8 Å². The van der Waals surface area contributed by atoms with Gasteiger partial charge in [-0.1, -0.05) is 74.5 Å². The molecule has 0 spiro atoms. The van der Waals surface area contributed by atoms with Crippen molar-refractivity contribution in [2.75, 3.05) is 44.7 Å². The lowest BCUT2D eigenvalue weighted by atomic mass is 10.0. The van der Waals surface area contributed by atoms with Gasteiger partial charge in [-0.25, -0.2) is 4.79 Å². The number of guanidine groups is 1. The zero-order valence-electron chi connectivity index (χ0n) is 54.4. The van der Waals surface area contributed by atoms with Gasteiger partial charge in [0.25, 0.3) is 0 Å². The first-order valence-electron chi connectivity index (χ1n) is 32.1. The fourth-order valence-corrected chi connectivity index (χ4v) is 11.5. The molecule has 4 rings (SSSR count). The Hall–Kier alpha value is -8.91. The number of carboxylic acid groups (broad SMARTS) is 1. The molecule has 0 bridgehead atoms. The second-order valence-electron chi connectivity index (χ2n) is 24.1.